The van der Waals surface area contributed by atoms with Crippen molar-refractivity contribution in [1.29, 1.82) is 0 Å². The van der Waals surface area contributed by atoms with Crippen molar-refractivity contribution in [3.05, 3.63) is 30.1 Å². The Morgan fingerprint density at radius 3 is 2.17 bits per heavy atom. The summed E-state index contributed by atoms with van der Waals surface area (Å²) in [4.78, 5) is 12.9. The predicted molar refractivity (Wildman–Crippen MR) is 45.5 cm³/mol. The highest BCUT2D eigenvalue weighted by molar-refractivity contribution is 5.48. The molecule has 0 saturated heterocycles. The fourth-order valence-electron chi connectivity index (χ4n) is 0.568. The van der Waals surface area contributed by atoms with Gasteiger partial charge in [-0.05, 0) is 24.3 Å². The molecule has 1 rings (SSSR count). The molecule has 0 atom stereocenters. The van der Waals surface area contributed by atoms with Crippen molar-refractivity contribution in [3.8, 4) is 0 Å². The summed E-state index contributed by atoms with van der Waals surface area (Å²) in [5.41, 5.74) is 0.413. The smallest absolute Gasteiger partial charge is 0.211 e. The van der Waals surface area contributed by atoms with E-state index < -0.39 is 0 Å². The lowest BCUT2D eigenvalue weighted by Crippen LogP contribution is -1.68. The van der Waals surface area contributed by atoms with Gasteiger partial charge in [-0.1, -0.05) is 13.8 Å². The van der Waals surface area contributed by atoms with E-state index in [9.17, 15) is 9.18 Å². The minimum Gasteiger partial charge on any atom is -0.211 e. The van der Waals surface area contributed by atoms with Crippen LogP contribution in [-0.4, -0.2) is 6.08 Å². The van der Waals surface area contributed by atoms with E-state index in [0.29, 0.717) is 5.69 Å². The van der Waals surface area contributed by atoms with Crippen LogP contribution in [0.5, 0.6) is 0 Å². The van der Waals surface area contributed by atoms with E-state index in [0.717, 1.165) is 0 Å². The van der Waals surface area contributed by atoms with Crippen LogP contribution in [0.25, 0.3) is 0 Å². The summed E-state index contributed by atoms with van der Waals surface area (Å²) in [6.07, 6.45) is 1.36. The fraction of sp³-hybridized carbons (Fsp3) is 0.222. The minimum atomic E-state index is -0.343. The molecule has 0 bridgehead atoms. The number of carbonyl (C=O) groups excluding carboxylic acids is 1. The molecule has 2 nitrogen and oxygen atoms in total. The van der Waals surface area contributed by atoms with Gasteiger partial charge >= 0.3 is 0 Å². The Kier molecular flexibility index (Phi) is 5.49. The molecular formula is C9H10FNO. The summed E-state index contributed by atoms with van der Waals surface area (Å²) < 4.78 is 12.2. The molecule has 0 saturated carbocycles. The topological polar surface area (TPSA) is 29.4 Å². The van der Waals surface area contributed by atoms with Crippen molar-refractivity contribution in [2.24, 2.45) is 4.99 Å². The van der Waals surface area contributed by atoms with Gasteiger partial charge in [0, 0.05) is 0 Å². The molecule has 0 aliphatic heterocycles. The number of halogens is 1. The fourth-order valence-corrected chi connectivity index (χ4v) is 0.568. The van der Waals surface area contributed by atoms with E-state index in [1.165, 1.54) is 30.3 Å². The molecule has 0 radical (unpaired) electrons. The van der Waals surface area contributed by atoms with Gasteiger partial charge in [-0.25, -0.2) is 9.18 Å². The summed E-state index contributed by atoms with van der Waals surface area (Å²) in [5, 5.41) is 0. The van der Waals surface area contributed by atoms with Crippen molar-refractivity contribution < 1.29 is 9.18 Å². The van der Waals surface area contributed by atoms with Gasteiger partial charge in [0.1, 0.15) is 5.82 Å². The number of benzene rings is 1. The molecule has 0 heterocycles. The third-order valence-corrected chi connectivity index (χ3v) is 1.00. The van der Waals surface area contributed by atoms with Crippen LogP contribution in [-0.2, 0) is 4.79 Å². The Balaban J connectivity index is 0.000000561. The van der Waals surface area contributed by atoms with E-state index in [1.807, 2.05) is 13.8 Å². The molecule has 0 spiro atoms. The van der Waals surface area contributed by atoms with Crippen LogP contribution in [0.1, 0.15) is 13.8 Å². The maximum atomic E-state index is 12.2. The van der Waals surface area contributed by atoms with Crippen LogP contribution < -0.4 is 0 Å². The van der Waals surface area contributed by atoms with Crippen LogP contribution in [0.3, 0.4) is 0 Å². The summed E-state index contributed by atoms with van der Waals surface area (Å²) in [7, 11) is 0. The van der Waals surface area contributed by atoms with Gasteiger partial charge in [-0.3, -0.25) is 0 Å². The van der Waals surface area contributed by atoms with E-state index in [1.54, 1.807) is 0 Å². The number of rotatable bonds is 1. The molecule has 0 aliphatic carbocycles. The van der Waals surface area contributed by atoms with Gasteiger partial charge in [-0.2, -0.15) is 4.99 Å². The van der Waals surface area contributed by atoms with Crippen LogP contribution in [0.4, 0.5) is 10.1 Å². The standard InChI is InChI=1S/C7H4FNO.C2H6/c8-6-1-3-7(4-2-6)9-5-10;1-2/h1-4H;1-2H3. The van der Waals surface area contributed by atoms with E-state index in [2.05, 4.69) is 4.99 Å². The monoisotopic (exact) mass is 167 g/mol. The molecule has 0 unspecified atom stereocenters. The lowest BCUT2D eigenvalue weighted by Gasteiger charge is -1.87. The first kappa shape index (κ1) is 10.5. The third-order valence-electron chi connectivity index (χ3n) is 1.00. The van der Waals surface area contributed by atoms with Crippen LogP contribution in [0.15, 0.2) is 29.3 Å². The minimum absolute atomic E-state index is 0.343. The SMILES string of the molecule is CC.O=C=Nc1ccc(F)cc1. The highest BCUT2D eigenvalue weighted by Crippen LogP contribution is 2.10. The lowest BCUT2D eigenvalue weighted by molar-refractivity contribution is 0.565. The Labute approximate surface area is 70.8 Å². The van der Waals surface area contributed by atoms with Crippen LogP contribution in [0, 0.1) is 5.82 Å². The van der Waals surface area contributed by atoms with Gasteiger partial charge in [-0.15, -0.1) is 0 Å². The lowest BCUT2D eigenvalue weighted by atomic mass is 10.3. The van der Waals surface area contributed by atoms with E-state index >= 15 is 0 Å². The molecular weight excluding hydrogens is 157 g/mol. The van der Waals surface area contributed by atoms with Gasteiger partial charge in [0.05, 0.1) is 5.69 Å². The first-order valence-corrected chi connectivity index (χ1v) is 3.66. The molecule has 0 aliphatic rings. The first-order chi connectivity index (χ1) is 5.83. The molecule has 0 N–H and O–H groups in total. The average Bonchev–Trinajstić information content (AvgIpc) is 2.13. The van der Waals surface area contributed by atoms with Gasteiger partial charge in [0.2, 0.25) is 6.08 Å². The molecule has 12 heavy (non-hydrogen) atoms. The van der Waals surface area contributed by atoms with Crippen LogP contribution in [0.2, 0.25) is 0 Å². The number of hydrogen-bond donors (Lipinski definition) is 0. The Bertz CT molecular complexity index is 262. The van der Waals surface area contributed by atoms with E-state index in [4.69, 9.17) is 0 Å². The van der Waals surface area contributed by atoms with Gasteiger partial charge in [0.25, 0.3) is 0 Å². The highest BCUT2D eigenvalue weighted by Gasteiger charge is 1.88. The summed E-state index contributed by atoms with van der Waals surface area (Å²) >= 11 is 0. The average molecular weight is 167 g/mol. The molecule has 0 amide bonds. The summed E-state index contributed by atoms with van der Waals surface area (Å²) in [6, 6.07) is 5.27. The van der Waals surface area contributed by atoms with E-state index in [-0.39, 0.29) is 5.82 Å². The summed E-state index contributed by atoms with van der Waals surface area (Å²) in [6.45, 7) is 4.00. The largest absolute Gasteiger partial charge is 0.240 e. The number of isocyanates is 1. The molecule has 3 heteroatoms. The summed E-state index contributed by atoms with van der Waals surface area (Å²) in [5.74, 6) is -0.343. The first-order valence-electron chi connectivity index (χ1n) is 3.66. The molecule has 0 fully saturated rings. The third kappa shape index (κ3) is 3.64. The maximum absolute atomic E-state index is 12.2. The molecule has 1 aromatic rings. The van der Waals surface area contributed by atoms with Crippen molar-refractivity contribution in [2.75, 3.05) is 0 Å². The predicted octanol–water partition coefficient (Wildman–Crippen LogP) is 2.82. The van der Waals surface area contributed by atoms with Crippen molar-refractivity contribution >= 4 is 11.8 Å². The second-order valence-electron chi connectivity index (χ2n) is 1.68. The maximum Gasteiger partial charge on any atom is 0.240 e. The Morgan fingerprint density at radius 1 is 1.25 bits per heavy atom. The zero-order valence-electron chi connectivity index (χ0n) is 7.04. The zero-order valence-corrected chi connectivity index (χ0v) is 7.04. The second kappa shape index (κ2) is 6.25. The number of nitrogens with zero attached hydrogens (tertiary/aromatic N) is 1. The Hall–Kier alpha value is -1.47. The van der Waals surface area contributed by atoms with Gasteiger partial charge < -0.3 is 0 Å². The number of aliphatic imine (C=N–C) groups is 1. The quantitative estimate of drug-likeness (QED) is 0.467. The van der Waals surface area contributed by atoms with Crippen LogP contribution >= 0.6 is 0 Å². The highest BCUT2D eigenvalue weighted by atomic mass is 19.1. The molecule has 0 aromatic heterocycles. The van der Waals surface area contributed by atoms with Crippen molar-refractivity contribution in [1.82, 2.24) is 0 Å². The van der Waals surface area contributed by atoms with Crippen molar-refractivity contribution in [2.45, 2.75) is 13.8 Å². The molecule has 1 aromatic carbocycles. The van der Waals surface area contributed by atoms with Crippen molar-refractivity contribution in [3.63, 3.8) is 0 Å². The zero-order chi connectivity index (χ0) is 9.40. The van der Waals surface area contributed by atoms with Gasteiger partial charge in [0.15, 0.2) is 0 Å². The Morgan fingerprint density at radius 2 is 1.75 bits per heavy atom. The second-order valence-corrected chi connectivity index (χ2v) is 1.68. The molecule has 64 valence electrons. The normalized spacial score (nSPS) is 7.58. The number of hydrogen-bond acceptors (Lipinski definition) is 2.